The van der Waals surface area contributed by atoms with Crippen LogP contribution in [0.1, 0.15) is 25.7 Å². The van der Waals surface area contributed by atoms with Crippen LogP contribution in [0, 0.1) is 5.92 Å². The van der Waals surface area contributed by atoms with Crippen LogP contribution in [-0.4, -0.2) is 44.2 Å². The van der Waals surface area contributed by atoms with Gasteiger partial charge in [-0.05, 0) is 43.5 Å². The first kappa shape index (κ1) is 16.9. The molecule has 0 spiro atoms. The Hall–Kier alpha value is -1.93. The Morgan fingerprint density at radius 1 is 1.12 bits per heavy atom. The molecule has 2 fully saturated rings. The molecule has 2 amide bonds. The molecule has 2 heterocycles. The number of hydrogen-bond donors (Lipinski definition) is 1. The van der Waals surface area contributed by atoms with E-state index in [4.69, 9.17) is 5.73 Å². The Balaban J connectivity index is 1.79. The molecule has 7 nitrogen and oxygen atoms in total. The van der Waals surface area contributed by atoms with Gasteiger partial charge in [0.25, 0.3) is 0 Å². The number of hydrogen-bond acceptors (Lipinski definition) is 4. The van der Waals surface area contributed by atoms with Gasteiger partial charge in [0.1, 0.15) is 0 Å². The second-order valence-electron chi connectivity index (χ2n) is 6.25. The van der Waals surface area contributed by atoms with E-state index in [2.05, 4.69) is 0 Å². The normalized spacial score (nSPS) is 22.8. The molecular weight excluding hydrogens is 330 g/mol. The smallest absolute Gasteiger partial charge is 0.243 e. The second-order valence-corrected chi connectivity index (χ2v) is 8.19. The van der Waals surface area contributed by atoms with Gasteiger partial charge < -0.3 is 10.6 Å². The van der Waals surface area contributed by atoms with Crippen molar-refractivity contribution >= 4 is 27.5 Å². The first-order valence-corrected chi connectivity index (χ1v) is 9.53. The molecule has 2 aliphatic rings. The molecule has 0 bridgehead atoms. The number of nitrogens with zero attached hydrogens (tertiary/aromatic N) is 2. The van der Waals surface area contributed by atoms with Crippen LogP contribution >= 0.6 is 0 Å². The molecule has 0 unspecified atom stereocenters. The number of carbonyl (C=O) groups is 2. The molecule has 1 aromatic carbocycles. The van der Waals surface area contributed by atoms with Crippen LogP contribution in [-0.2, 0) is 19.6 Å². The highest BCUT2D eigenvalue weighted by molar-refractivity contribution is 7.89. The van der Waals surface area contributed by atoms with Crippen LogP contribution in [0.4, 0.5) is 5.69 Å². The lowest BCUT2D eigenvalue weighted by Crippen LogP contribution is -2.44. The monoisotopic (exact) mass is 351 g/mol. The van der Waals surface area contributed by atoms with E-state index in [9.17, 15) is 18.0 Å². The summed E-state index contributed by atoms with van der Waals surface area (Å²) in [5, 5.41) is 0. The lowest BCUT2D eigenvalue weighted by Gasteiger charge is -2.30. The Labute approximate surface area is 141 Å². The number of sulfonamides is 1. The van der Waals surface area contributed by atoms with Crippen LogP contribution in [0.15, 0.2) is 29.2 Å². The van der Waals surface area contributed by atoms with Crippen molar-refractivity contribution in [3.63, 3.8) is 0 Å². The molecule has 0 radical (unpaired) electrons. The van der Waals surface area contributed by atoms with E-state index in [0.29, 0.717) is 38.0 Å². The van der Waals surface area contributed by atoms with Crippen LogP contribution in [0.3, 0.4) is 0 Å². The zero-order valence-electron chi connectivity index (χ0n) is 13.3. The Bertz CT molecular complexity index is 745. The van der Waals surface area contributed by atoms with Gasteiger partial charge in [0.05, 0.1) is 10.8 Å². The highest BCUT2D eigenvalue weighted by Gasteiger charge is 2.32. The van der Waals surface area contributed by atoms with Gasteiger partial charge in [-0.1, -0.05) is 0 Å². The molecule has 2 saturated heterocycles. The molecule has 8 heteroatoms. The Morgan fingerprint density at radius 3 is 2.42 bits per heavy atom. The average molecular weight is 351 g/mol. The molecule has 24 heavy (non-hydrogen) atoms. The van der Waals surface area contributed by atoms with Gasteiger partial charge in [0.15, 0.2) is 0 Å². The van der Waals surface area contributed by atoms with Crippen molar-refractivity contribution in [2.24, 2.45) is 11.7 Å². The lowest BCUT2D eigenvalue weighted by atomic mass is 9.99. The predicted octanol–water partition coefficient (Wildman–Crippen LogP) is 0.699. The van der Waals surface area contributed by atoms with Crippen LogP contribution < -0.4 is 10.6 Å². The summed E-state index contributed by atoms with van der Waals surface area (Å²) in [6, 6.07) is 6.35. The number of piperidine rings is 1. The lowest BCUT2D eigenvalue weighted by molar-refractivity contribution is -0.122. The zero-order chi connectivity index (χ0) is 17.3. The number of anilines is 1. The molecule has 130 valence electrons. The van der Waals surface area contributed by atoms with Crippen molar-refractivity contribution in [1.29, 1.82) is 0 Å². The standard InChI is InChI=1S/C16H21N3O4S/c17-16(21)12-3-1-9-18(11-12)24(22,23)14-7-5-13(6-8-14)19-10-2-4-15(19)20/h5-8,12H,1-4,9-11H2,(H2,17,21)/t12-/m0/s1. The summed E-state index contributed by atoms with van der Waals surface area (Å²) in [5.74, 6) is -0.834. The summed E-state index contributed by atoms with van der Waals surface area (Å²) in [4.78, 5) is 24.9. The van der Waals surface area contributed by atoms with E-state index in [1.54, 1.807) is 17.0 Å². The Kier molecular flexibility index (Phi) is 4.60. The zero-order valence-corrected chi connectivity index (χ0v) is 14.2. The first-order chi connectivity index (χ1) is 11.4. The first-order valence-electron chi connectivity index (χ1n) is 8.09. The quantitative estimate of drug-likeness (QED) is 0.863. The molecule has 2 aliphatic heterocycles. The minimum Gasteiger partial charge on any atom is -0.369 e. The highest BCUT2D eigenvalue weighted by atomic mass is 32.2. The maximum atomic E-state index is 12.7. The number of carbonyl (C=O) groups excluding carboxylic acids is 2. The summed E-state index contributed by atoms with van der Waals surface area (Å²) in [6.45, 7) is 1.18. The SMILES string of the molecule is NC(=O)[C@H]1CCCN(S(=O)(=O)c2ccc(N3CCCC3=O)cc2)C1. The van der Waals surface area contributed by atoms with Gasteiger partial charge in [0, 0.05) is 31.7 Å². The minimum atomic E-state index is -3.66. The van der Waals surface area contributed by atoms with E-state index in [0.717, 1.165) is 6.42 Å². The van der Waals surface area contributed by atoms with Crippen molar-refractivity contribution in [3.05, 3.63) is 24.3 Å². The molecule has 0 aliphatic carbocycles. The minimum absolute atomic E-state index is 0.0611. The topological polar surface area (TPSA) is 101 Å². The summed E-state index contributed by atoms with van der Waals surface area (Å²) in [5.41, 5.74) is 6.03. The van der Waals surface area contributed by atoms with Gasteiger partial charge in [-0.2, -0.15) is 4.31 Å². The third-order valence-corrected chi connectivity index (χ3v) is 6.53. The summed E-state index contributed by atoms with van der Waals surface area (Å²) in [7, 11) is -3.66. The van der Waals surface area contributed by atoms with Gasteiger partial charge >= 0.3 is 0 Å². The highest BCUT2D eigenvalue weighted by Crippen LogP contribution is 2.27. The fourth-order valence-corrected chi connectivity index (χ4v) is 4.79. The van der Waals surface area contributed by atoms with Crippen molar-refractivity contribution in [3.8, 4) is 0 Å². The largest absolute Gasteiger partial charge is 0.369 e. The molecule has 2 N–H and O–H groups in total. The van der Waals surface area contributed by atoms with Crippen molar-refractivity contribution < 1.29 is 18.0 Å². The van der Waals surface area contributed by atoms with E-state index >= 15 is 0 Å². The molecular formula is C16H21N3O4S. The molecule has 3 rings (SSSR count). The van der Waals surface area contributed by atoms with E-state index in [1.807, 2.05) is 0 Å². The third kappa shape index (κ3) is 3.16. The number of amides is 2. The maximum absolute atomic E-state index is 12.7. The van der Waals surface area contributed by atoms with E-state index in [1.165, 1.54) is 16.4 Å². The fourth-order valence-electron chi connectivity index (χ4n) is 3.26. The van der Waals surface area contributed by atoms with Gasteiger partial charge in [-0.15, -0.1) is 0 Å². The maximum Gasteiger partial charge on any atom is 0.243 e. The molecule has 1 atom stereocenters. The summed E-state index contributed by atoms with van der Waals surface area (Å²) < 4.78 is 26.8. The molecule has 1 aromatic rings. The van der Waals surface area contributed by atoms with Crippen molar-refractivity contribution in [1.82, 2.24) is 4.31 Å². The molecule has 0 saturated carbocycles. The van der Waals surface area contributed by atoms with Crippen molar-refractivity contribution in [2.45, 2.75) is 30.6 Å². The van der Waals surface area contributed by atoms with Crippen molar-refractivity contribution in [2.75, 3.05) is 24.5 Å². The number of rotatable bonds is 4. The fraction of sp³-hybridized carbons (Fsp3) is 0.500. The van der Waals surface area contributed by atoms with Crippen LogP contribution in [0.2, 0.25) is 0 Å². The third-order valence-electron chi connectivity index (χ3n) is 4.65. The average Bonchev–Trinajstić information content (AvgIpc) is 3.01. The predicted molar refractivity (Wildman–Crippen MR) is 88.7 cm³/mol. The molecule has 0 aromatic heterocycles. The number of benzene rings is 1. The van der Waals surface area contributed by atoms with E-state index in [-0.39, 0.29) is 17.3 Å². The van der Waals surface area contributed by atoms with Gasteiger partial charge in [-0.25, -0.2) is 8.42 Å². The summed E-state index contributed by atoms with van der Waals surface area (Å²) >= 11 is 0. The summed E-state index contributed by atoms with van der Waals surface area (Å²) in [6.07, 6.45) is 2.59. The number of primary amides is 1. The van der Waals surface area contributed by atoms with Gasteiger partial charge in [0.2, 0.25) is 21.8 Å². The van der Waals surface area contributed by atoms with Gasteiger partial charge in [-0.3, -0.25) is 9.59 Å². The second kappa shape index (κ2) is 6.52. The van der Waals surface area contributed by atoms with Crippen LogP contribution in [0.25, 0.3) is 0 Å². The van der Waals surface area contributed by atoms with E-state index < -0.39 is 21.8 Å². The van der Waals surface area contributed by atoms with Crippen LogP contribution in [0.5, 0.6) is 0 Å². The number of nitrogens with two attached hydrogens (primary N) is 1. The Morgan fingerprint density at radius 2 is 1.83 bits per heavy atom.